The molecule has 2 unspecified atom stereocenters. The Kier molecular flexibility index (Phi) is 5.21. The van der Waals surface area contributed by atoms with Gasteiger partial charge in [0.05, 0.1) is 0 Å². The first kappa shape index (κ1) is 15.0. The maximum Gasteiger partial charge on any atom is 0.242 e. The minimum absolute atomic E-state index is 0.126. The fourth-order valence-corrected chi connectivity index (χ4v) is 1.65. The normalized spacial score (nSPS) is 14.9. The lowest BCUT2D eigenvalue weighted by atomic mass is 9.82. The number of rotatable bonds is 4. The van der Waals surface area contributed by atoms with Gasteiger partial charge in [0, 0.05) is 6.54 Å². The molecular weight excluding hydrogens is 246 g/mol. The van der Waals surface area contributed by atoms with Crippen molar-refractivity contribution in [1.82, 2.24) is 5.32 Å². The molecule has 1 aromatic carbocycles. The van der Waals surface area contributed by atoms with Crippen molar-refractivity contribution in [2.75, 3.05) is 6.54 Å². The third-order valence-electron chi connectivity index (χ3n) is 3.38. The van der Waals surface area contributed by atoms with Crippen molar-refractivity contribution in [3.05, 3.63) is 35.9 Å². The molecule has 18 heavy (non-hydrogen) atoms. The highest BCUT2D eigenvalue weighted by Gasteiger charge is 2.22. The zero-order valence-electron chi connectivity index (χ0n) is 11.5. The minimum Gasteiger partial charge on any atom is -0.354 e. The minimum atomic E-state index is -0.613. The van der Waals surface area contributed by atoms with Crippen LogP contribution in [0.4, 0.5) is 0 Å². The highest BCUT2D eigenvalue weighted by Crippen LogP contribution is 2.25. The van der Waals surface area contributed by atoms with Crippen LogP contribution in [0, 0.1) is 11.3 Å². The van der Waals surface area contributed by atoms with E-state index in [1.165, 1.54) is 0 Å². The van der Waals surface area contributed by atoms with Crippen molar-refractivity contribution in [3.63, 3.8) is 0 Å². The van der Waals surface area contributed by atoms with Gasteiger partial charge < -0.3 is 5.32 Å². The van der Waals surface area contributed by atoms with Gasteiger partial charge in [-0.15, -0.1) is 11.6 Å². The van der Waals surface area contributed by atoms with Crippen LogP contribution in [0.25, 0.3) is 0 Å². The molecule has 0 saturated carbocycles. The second-order valence-corrected chi connectivity index (χ2v) is 6.22. The second-order valence-electron chi connectivity index (χ2n) is 5.79. The monoisotopic (exact) mass is 267 g/mol. The zero-order chi connectivity index (χ0) is 13.8. The Morgan fingerprint density at radius 2 is 1.83 bits per heavy atom. The first-order valence-electron chi connectivity index (χ1n) is 6.29. The Hall–Kier alpha value is -1.02. The van der Waals surface area contributed by atoms with Crippen LogP contribution in [-0.4, -0.2) is 12.5 Å². The molecule has 1 amide bonds. The first-order valence-corrected chi connectivity index (χ1v) is 6.72. The standard InChI is InChI=1S/C15H22ClNO/c1-11(15(2,3)4)10-17-14(18)13(16)12-8-6-5-7-9-12/h5-9,11,13H,10H2,1-4H3,(H,17,18). The summed E-state index contributed by atoms with van der Waals surface area (Å²) in [5.41, 5.74) is 1.02. The molecule has 1 rings (SSSR count). The second kappa shape index (κ2) is 6.24. The van der Waals surface area contributed by atoms with Crippen LogP contribution in [-0.2, 0) is 4.79 Å². The van der Waals surface area contributed by atoms with Crippen LogP contribution < -0.4 is 5.32 Å². The SMILES string of the molecule is CC(CNC(=O)C(Cl)c1ccccc1)C(C)(C)C. The average molecular weight is 268 g/mol. The number of halogens is 1. The lowest BCUT2D eigenvalue weighted by Gasteiger charge is -2.27. The third-order valence-corrected chi connectivity index (χ3v) is 3.83. The molecule has 3 heteroatoms. The van der Waals surface area contributed by atoms with E-state index >= 15 is 0 Å². The van der Waals surface area contributed by atoms with Gasteiger partial charge in [-0.05, 0) is 16.9 Å². The van der Waals surface area contributed by atoms with Crippen molar-refractivity contribution in [2.45, 2.75) is 33.1 Å². The van der Waals surface area contributed by atoms with Gasteiger partial charge in [0.2, 0.25) is 5.91 Å². The number of hydrogen-bond donors (Lipinski definition) is 1. The summed E-state index contributed by atoms with van der Waals surface area (Å²) >= 11 is 6.14. The van der Waals surface area contributed by atoms with E-state index in [2.05, 4.69) is 33.0 Å². The summed E-state index contributed by atoms with van der Waals surface area (Å²) in [7, 11) is 0. The summed E-state index contributed by atoms with van der Waals surface area (Å²) < 4.78 is 0. The smallest absolute Gasteiger partial charge is 0.242 e. The Labute approximate surface area is 115 Å². The molecule has 0 spiro atoms. The molecule has 1 N–H and O–H groups in total. The Balaban J connectivity index is 2.52. The molecule has 100 valence electrons. The van der Waals surface area contributed by atoms with Crippen LogP contribution in [0.5, 0.6) is 0 Å². The van der Waals surface area contributed by atoms with Crippen molar-refractivity contribution in [2.24, 2.45) is 11.3 Å². The molecule has 0 aliphatic rings. The van der Waals surface area contributed by atoms with E-state index in [1.54, 1.807) is 0 Å². The summed E-state index contributed by atoms with van der Waals surface area (Å²) in [5, 5.41) is 2.30. The van der Waals surface area contributed by atoms with E-state index < -0.39 is 5.38 Å². The van der Waals surface area contributed by atoms with Crippen molar-refractivity contribution >= 4 is 17.5 Å². The van der Waals surface area contributed by atoms with Crippen LogP contribution in [0.1, 0.15) is 38.6 Å². The van der Waals surface area contributed by atoms with E-state index in [0.29, 0.717) is 12.5 Å². The lowest BCUT2D eigenvalue weighted by molar-refractivity contribution is -0.121. The van der Waals surface area contributed by atoms with Gasteiger partial charge in [0.1, 0.15) is 5.38 Å². The number of carbonyl (C=O) groups is 1. The predicted molar refractivity (Wildman–Crippen MR) is 76.7 cm³/mol. The molecule has 1 aromatic rings. The molecule has 0 aliphatic carbocycles. The highest BCUT2D eigenvalue weighted by molar-refractivity contribution is 6.30. The maximum absolute atomic E-state index is 11.9. The van der Waals surface area contributed by atoms with E-state index in [-0.39, 0.29) is 11.3 Å². The Morgan fingerprint density at radius 3 is 2.33 bits per heavy atom. The fraction of sp³-hybridized carbons (Fsp3) is 0.533. The summed E-state index contributed by atoms with van der Waals surface area (Å²) in [6, 6.07) is 9.41. The van der Waals surface area contributed by atoms with Crippen LogP contribution in [0.15, 0.2) is 30.3 Å². The van der Waals surface area contributed by atoms with Gasteiger partial charge in [0.25, 0.3) is 0 Å². The fourth-order valence-electron chi connectivity index (χ4n) is 1.42. The van der Waals surface area contributed by atoms with Crippen molar-refractivity contribution < 1.29 is 4.79 Å². The molecule has 2 atom stereocenters. The number of carbonyl (C=O) groups excluding carboxylic acids is 1. The number of amides is 1. The number of benzene rings is 1. The molecule has 0 saturated heterocycles. The van der Waals surface area contributed by atoms with Gasteiger partial charge in [-0.3, -0.25) is 4.79 Å². The molecule has 0 radical (unpaired) electrons. The number of hydrogen-bond acceptors (Lipinski definition) is 1. The van der Waals surface area contributed by atoms with E-state index in [4.69, 9.17) is 11.6 Å². The Bertz CT molecular complexity index is 383. The van der Waals surface area contributed by atoms with Gasteiger partial charge >= 0.3 is 0 Å². The summed E-state index contributed by atoms with van der Waals surface area (Å²) in [5.74, 6) is 0.278. The van der Waals surface area contributed by atoms with Gasteiger partial charge in [-0.25, -0.2) is 0 Å². The largest absolute Gasteiger partial charge is 0.354 e. The topological polar surface area (TPSA) is 29.1 Å². The zero-order valence-corrected chi connectivity index (χ0v) is 12.3. The average Bonchev–Trinajstić information content (AvgIpc) is 2.34. The molecule has 0 aromatic heterocycles. The van der Waals surface area contributed by atoms with Crippen molar-refractivity contribution in [1.29, 1.82) is 0 Å². The molecule has 0 bridgehead atoms. The Morgan fingerprint density at radius 1 is 1.28 bits per heavy atom. The van der Waals surface area contributed by atoms with Crippen LogP contribution >= 0.6 is 11.6 Å². The van der Waals surface area contributed by atoms with E-state index in [9.17, 15) is 4.79 Å². The van der Waals surface area contributed by atoms with Crippen LogP contribution in [0.2, 0.25) is 0 Å². The maximum atomic E-state index is 11.9. The molecule has 0 fully saturated rings. The van der Waals surface area contributed by atoms with Gasteiger partial charge in [0.15, 0.2) is 0 Å². The molecular formula is C15H22ClNO. The third kappa shape index (κ3) is 4.34. The van der Waals surface area contributed by atoms with E-state index in [0.717, 1.165) is 5.56 Å². The number of alkyl halides is 1. The number of nitrogens with one attached hydrogen (secondary N) is 1. The molecule has 0 aliphatic heterocycles. The summed E-state index contributed by atoms with van der Waals surface area (Å²) in [6.45, 7) is 9.28. The quantitative estimate of drug-likeness (QED) is 0.827. The van der Waals surface area contributed by atoms with Gasteiger partial charge in [-0.2, -0.15) is 0 Å². The first-order chi connectivity index (χ1) is 8.32. The predicted octanol–water partition coefficient (Wildman–Crippen LogP) is 3.76. The summed E-state index contributed by atoms with van der Waals surface area (Å²) in [6.07, 6.45) is 0. The lowest BCUT2D eigenvalue weighted by Crippen LogP contribution is -2.35. The van der Waals surface area contributed by atoms with E-state index in [1.807, 2.05) is 30.3 Å². The summed E-state index contributed by atoms with van der Waals surface area (Å²) in [4.78, 5) is 11.9. The van der Waals surface area contributed by atoms with Crippen LogP contribution in [0.3, 0.4) is 0 Å². The highest BCUT2D eigenvalue weighted by atomic mass is 35.5. The van der Waals surface area contributed by atoms with Gasteiger partial charge in [-0.1, -0.05) is 58.0 Å². The van der Waals surface area contributed by atoms with Crippen molar-refractivity contribution in [3.8, 4) is 0 Å². The molecule has 2 nitrogen and oxygen atoms in total. The molecule has 0 heterocycles.